The number of benzene rings is 1. The van der Waals surface area contributed by atoms with E-state index in [1.54, 1.807) is 0 Å². The number of pyridine rings is 1. The molecule has 0 bridgehead atoms. The second-order valence-electron chi connectivity index (χ2n) is 6.55. The first-order valence-corrected chi connectivity index (χ1v) is 8.45. The van der Waals surface area contributed by atoms with Crippen LogP contribution in [0, 0.1) is 0 Å². The summed E-state index contributed by atoms with van der Waals surface area (Å²) in [7, 11) is 0. The largest absolute Gasteiger partial charge is 0.384 e. The van der Waals surface area contributed by atoms with Crippen LogP contribution in [0.15, 0.2) is 23.0 Å². The number of likely N-dealkylation sites (tertiary alicyclic amines) is 1. The Morgan fingerprint density at radius 1 is 1.04 bits per heavy atom. The molecule has 1 aromatic carbocycles. The Morgan fingerprint density at radius 3 is 2.62 bits per heavy atom. The number of fused-ring (bicyclic) bond motifs is 3. The Balaban J connectivity index is 0.00000104. The Bertz CT molecular complexity index is 754. The molecule has 6 heteroatoms. The van der Waals surface area contributed by atoms with Crippen molar-refractivity contribution in [1.29, 1.82) is 0 Å². The summed E-state index contributed by atoms with van der Waals surface area (Å²) in [6.07, 6.45) is 5.89. The number of nitrogens with zero attached hydrogens (tertiary/aromatic N) is 1. The van der Waals surface area contributed by atoms with E-state index in [-0.39, 0.29) is 30.4 Å². The maximum Gasteiger partial charge on any atom is 0.253 e. The summed E-state index contributed by atoms with van der Waals surface area (Å²) in [6.45, 7) is 4.34. The van der Waals surface area contributed by atoms with Crippen molar-refractivity contribution in [3.05, 3.63) is 39.7 Å². The molecular weight excluding hydrogens is 345 g/mol. The van der Waals surface area contributed by atoms with Crippen molar-refractivity contribution in [2.24, 2.45) is 0 Å². The van der Waals surface area contributed by atoms with Gasteiger partial charge in [-0.3, -0.25) is 9.69 Å². The standard InChI is InChI=1S/C18H23N3O.2ClH/c22-18-15-5-4-8-19-17(15)14-7-6-13(11-16(14)20-18)12-21-9-2-1-3-10-21;;/h6-7,11,19H,1-5,8-10,12H2,(H,20,22);2*1H. The van der Waals surface area contributed by atoms with E-state index in [2.05, 4.69) is 33.4 Å². The second kappa shape index (κ2) is 8.24. The number of nitrogens with one attached hydrogen (secondary N) is 2. The summed E-state index contributed by atoms with van der Waals surface area (Å²) in [6, 6.07) is 6.54. The Labute approximate surface area is 154 Å². The predicted molar refractivity (Wildman–Crippen MR) is 105 cm³/mol. The van der Waals surface area contributed by atoms with Gasteiger partial charge in [0, 0.05) is 24.0 Å². The van der Waals surface area contributed by atoms with Crippen LogP contribution in [0.4, 0.5) is 5.69 Å². The zero-order chi connectivity index (χ0) is 14.9. The molecular formula is C18H25Cl2N3O. The van der Waals surface area contributed by atoms with Gasteiger partial charge in [-0.15, -0.1) is 24.8 Å². The molecule has 0 saturated carbocycles. The Morgan fingerprint density at radius 2 is 1.83 bits per heavy atom. The van der Waals surface area contributed by atoms with Gasteiger partial charge in [-0.25, -0.2) is 0 Å². The van der Waals surface area contributed by atoms with Crippen molar-refractivity contribution in [3.8, 4) is 0 Å². The Kier molecular flexibility index (Phi) is 6.55. The van der Waals surface area contributed by atoms with Crippen LogP contribution in [-0.4, -0.2) is 29.5 Å². The van der Waals surface area contributed by atoms with Gasteiger partial charge in [0.1, 0.15) is 0 Å². The van der Waals surface area contributed by atoms with Crippen molar-refractivity contribution in [3.63, 3.8) is 0 Å². The maximum absolute atomic E-state index is 12.3. The van der Waals surface area contributed by atoms with Crippen LogP contribution in [0.1, 0.15) is 36.8 Å². The first-order valence-electron chi connectivity index (χ1n) is 8.45. The monoisotopic (exact) mass is 369 g/mol. The number of anilines is 1. The highest BCUT2D eigenvalue weighted by atomic mass is 35.5. The summed E-state index contributed by atoms with van der Waals surface area (Å²) in [5.74, 6) is 0. The van der Waals surface area contributed by atoms with E-state index in [4.69, 9.17) is 0 Å². The summed E-state index contributed by atoms with van der Waals surface area (Å²) in [5.41, 5.74) is 4.30. The molecule has 2 aliphatic rings. The molecule has 24 heavy (non-hydrogen) atoms. The fraction of sp³-hybridized carbons (Fsp3) is 0.500. The molecule has 1 aromatic heterocycles. The van der Waals surface area contributed by atoms with Gasteiger partial charge in [-0.2, -0.15) is 0 Å². The number of aromatic amines is 1. The molecule has 0 radical (unpaired) electrons. The van der Waals surface area contributed by atoms with E-state index in [1.807, 2.05) is 0 Å². The van der Waals surface area contributed by atoms with E-state index in [1.165, 1.54) is 37.9 Å². The summed E-state index contributed by atoms with van der Waals surface area (Å²) < 4.78 is 0. The van der Waals surface area contributed by atoms with E-state index in [0.29, 0.717) is 0 Å². The molecule has 2 N–H and O–H groups in total. The van der Waals surface area contributed by atoms with Gasteiger partial charge >= 0.3 is 0 Å². The van der Waals surface area contributed by atoms with Crippen LogP contribution in [0.3, 0.4) is 0 Å². The molecule has 0 aliphatic carbocycles. The molecule has 0 unspecified atom stereocenters. The molecule has 4 nitrogen and oxygen atoms in total. The number of H-pyrrole nitrogens is 1. The molecule has 0 atom stereocenters. The number of hydrogen-bond acceptors (Lipinski definition) is 3. The third-order valence-corrected chi connectivity index (χ3v) is 4.94. The predicted octanol–water partition coefficient (Wildman–Crippen LogP) is 3.72. The first kappa shape index (κ1) is 19.1. The van der Waals surface area contributed by atoms with Gasteiger partial charge in [0.15, 0.2) is 0 Å². The van der Waals surface area contributed by atoms with Crippen LogP contribution < -0.4 is 10.9 Å². The van der Waals surface area contributed by atoms with Crippen molar-refractivity contribution in [2.45, 2.75) is 38.6 Å². The highest BCUT2D eigenvalue weighted by molar-refractivity contribution is 5.93. The number of aromatic nitrogens is 1. The fourth-order valence-corrected chi connectivity index (χ4v) is 3.78. The minimum atomic E-state index is 0. The summed E-state index contributed by atoms with van der Waals surface area (Å²) in [5, 5.41) is 4.57. The molecule has 0 spiro atoms. The highest BCUT2D eigenvalue weighted by Gasteiger charge is 2.16. The Hall–Kier alpha value is -1.23. The van der Waals surface area contributed by atoms with Crippen molar-refractivity contribution in [1.82, 2.24) is 9.88 Å². The third kappa shape index (κ3) is 3.71. The van der Waals surface area contributed by atoms with E-state index in [9.17, 15) is 4.79 Å². The van der Waals surface area contributed by atoms with Crippen LogP contribution in [0.25, 0.3) is 10.9 Å². The lowest BCUT2D eigenvalue weighted by molar-refractivity contribution is 0.221. The molecule has 3 heterocycles. The topological polar surface area (TPSA) is 48.1 Å². The van der Waals surface area contributed by atoms with Gasteiger partial charge in [0.05, 0.1) is 11.2 Å². The number of piperidine rings is 1. The molecule has 0 amide bonds. The lowest BCUT2D eigenvalue weighted by Gasteiger charge is -2.26. The molecule has 2 aliphatic heterocycles. The molecule has 1 saturated heterocycles. The third-order valence-electron chi connectivity index (χ3n) is 4.94. The van der Waals surface area contributed by atoms with Crippen LogP contribution in [0.5, 0.6) is 0 Å². The zero-order valence-electron chi connectivity index (χ0n) is 13.8. The first-order chi connectivity index (χ1) is 10.8. The summed E-state index contributed by atoms with van der Waals surface area (Å²) in [4.78, 5) is 17.9. The lowest BCUT2D eigenvalue weighted by atomic mass is 10.0. The molecule has 4 rings (SSSR count). The highest BCUT2D eigenvalue weighted by Crippen LogP contribution is 2.28. The average molecular weight is 370 g/mol. The van der Waals surface area contributed by atoms with Gasteiger partial charge in [0.2, 0.25) is 0 Å². The van der Waals surface area contributed by atoms with Crippen LogP contribution in [0.2, 0.25) is 0 Å². The SMILES string of the molecule is Cl.Cl.O=c1[nH]c2cc(CN3CCCCC3)ccc2c2c1CCCN2. The van der Waals surface area contributed by atoms with Gasteiger partial charge < -0.3 is 10.3 Å². The van der Waals surface area contributed by atoms with E-state index >= 15 is 0 Å². The normalized spacial score (nSPS) is 17.3. The number of rotatable bonds is 2. The second-order valence-corrected chi connectivity index (χ2v) is 6.55. The van der Waals surface area contributed by atoms with Crippen molar-refractivity contribution < 1.29 is 0 Å². The minimum absolute atomic E-state index is 0. The molecule has 132 valence electrons. The van der Waals surface area contributed by atoms with Crippen LogP contribution in [-0.2, 0) is 13.0 Å². The van der Waals surface area contributed by atoms with E-state index in [0.717, 1.165) is 48.1 Å². The molecule has 1 fully saturated rings. The van der Waals surface area contributed by atoms with Crippen LogP contribution >= 0.6 is 24.8 Å². The maximum atomic E-state index is 12.3. The summed E-state index contributed by atoms with van der Waals surface area (Å²) >= 11 is 0. The van der Waals surface area contributed by atoms with Gasteiger partial charge in [0.25, 0.3) is 5.56 Å². The van der Waals surface area contributed by atoms with Crippen molar-refractivity contribution in [2.75, 3.05) is 25.0 Å². The fourth-order valence-electron chi connectivity index (χ4n) is 3.78. The van der Waals surface area contributed by atoms with E-state index < -0.39 is 0 Å². The lowest BCUT2D eigenvalue weighted by Crippen LogP contribution is -2.29. The minimum Gasteiger partial charge on any atom is -0.384 e. The van der Waals surface area contributed by atoms with Gasteiger partial charge in [-0.1, -0.05) is 18.6 Å². The molecule has 2 aromatic rings. The quantitative estimate of drug-likeness (QED) is 0.847. The van der Waals surface area contributed by atoms with Gasteiger partial charge in [-0.05, 0) is 50.4 Å². The zero-order valence-corrected chi connectivity index (χ0v) is 15.4. The number of hydrogen-bond donors (Lipinski definition) is 2. The smallest absolute Gasteiger partial charge is 0.253 e. The average Bonchev–Trinajstić information content (AvgIpc) is 2.56. The number of halogens is 2. The van der Waals surface area contributed by atoms with Crippen molar-refractivity contribution >= 4 is 41.4 Å².